The van der Waals surface area contributed by atoms with Gasteiger partial charge in [-0.1, -0.05) is 0 Å². The average Bonchev–Trinajstić information content (AvgIpc) is 2.54. The van der Waals surface area contributed by atoms with E-state index in [1.807, 2.05) is 0 Å². The van der Waals surface area contributed by atoms with E-state index in [1.54, 1.807) is 13.1 Å². The van der Waals surface area contributed by atoms with Gasteiger partial charge in [0.2, 0.25) is 11.8 Å². The first kappa shape index (κ1) is 15.4. The number of hydrogen-bond acceptors (Lipinski definition) is 7. The second-order valence-electron chi connectivity index (χ2n) is 4.10. The maximum atomic E-state index is 11.3. The van der Waals surface area contributed by atoms with Crippen LogP contribution in [0.1, 0.15) is 10.4 Å². The minimum atomic E-state index is -1.12. The lowest BCUT2D eigenvalue weighted by Crippen LogP contribution is -2.04. The normalized spacial score (nSPS) is 9.95. The van der Waals surface area contributed by atoms with E-state index in [0.717, 1.165) is 0 Å². The molecule has 0 aliphatic rings. The lowest BCUT2D eigenvalue weighted by molar-refractivity contribution is 0.0694. The summed E-state index contributed by atoms with van der Waals surface area (Å²) in [7, 11) is 4.57. The number of ether oxygens (including phenoxy) is 3. The van der Waals surface area contributed by atoms with E-state index in [0.29, 0.717) is 5.69 Å². The van der Waals surface area contributed by atoms with Crippen LogP contribution in [0.2, 0.25) is 0 Å². The molecule has 0 radical (unpaired) electrons. The highest BCUT2D eigenvalue weighted by atomic mass is 16.5. The fraction of sp³-hybridized carbons (Fsp3) is 0.214. The fourth-order valence-corrected chi connectivity index (χ4v) is 1.68. The van der Waals surface area contributed by atoms with Gasteiger partial charge in [0.25, 0.3) is 0 Å². The number of nitrogens with one attached hydrogen (secondary N) is 1. The first-order chi connectivity index (χ1) is 10.6. The molecule has 2 rings (SSSR count). The standard InChI is InChI=1S/C14H15N3O5/c1-15-8-4-5-10(9(6-8)13(18)19)22-14-16-11(20-2)7-12(17-14)21-3/h4-7,15H,1-3H3,(H,18,19). The number of hydrogen-bond donors (Lipinski definition) is 2. The summed E-state index contributed by atoms with van der Waals surface area (Å²) >= 11 is 0. The van der Waals surface area contributed by atoms with E-state index < -0.39 is 5.97 Å². The maximum absolute atomic E-state index is 11.3. The van der Waals surface area contributed by atoms with Crippen LogP contribution in [0.3, 0.4) is 0 Å². The number of rotatable bonds is 6. The number of carboxylic acids is 1. The molecule has 0 atom stereocenters. The van der Waals surface area contributed by atoms with Gasteiger partial charge in [0.1, 0.15) is 11.3 Å². The number of anilines is 1. The van der Waals surface area contributed by atoms with Crippen LogP contribution in [-0.2, 0) is 0 Å². The first-order valence-corrected chi connectivity index (χ1v) is 6.27. The fourth-order valence-electron chi connectivity index (χ4n) is 1.68. The smallest absolute Gasteiger partial charge is 0.339 e. The Hall–Kier alpha value is -3.03. The molecule has 2 N–H and O–H groups in total. The summed E-state index contributed by atoms with van der Waals surface area (Å²) in [6.07, 6.45) is 0. The second kappa shape index (κ2) is 6.61. The van der Waals surface area contributed by atoms with Crippen molar-refractivity contribution in [3.63, 3.8) is 0 Å². The molecule has 8 nitrogen and oxygen atoms in total. The van der Waals surface area contributed by atoms with E-state index >= 15 is 0 Å². The minimum absolute atomic E-state index is 0.0164. The predicted molar refractivity (Wildman–Crippen MR) is 78.2 cm³/mol. The van der Waals surface area contributed by atoms with Crippen molar-refractivity contribution >= 4 is 11.7 Å². The van der Waals surface area contributed by atoms with Gasteiger partial charge in [0, 0.05) is 12.7 Å². The van der Waals surface area contributed by atoms with E-state index in [2.05, 4.69) is 15.3 Å². The van der Waals surface area contributed by atoms with Crippen LogP contribution in [0.25, 0.3) is 0 Å². The van der Waals surface area contributed by atoms with Gasteiger partial charge < -0.3 is 24.6 Å². The molecule has 0 aliphatic heterocycles. The van der Waals surface area contributed by atoms with Crippen LogP contribution >= 0.6 is 0 Å². The lowest BCUT2D eigenvalue weighted by atomic mass is 10.2. The zero-order valence-electron chi connectivity index (χ0n) is 12.3. The third-order valence-electron chi connectivity index (χ3n) is 2.78. The quantitative estimate of drug-likeness (QED) is 0.835. The third-order valence-corrected chi connectivity index (χ3v) is 2.78. The number of aromatic nitrogens is 2. The van der Waals surface area contributed by atoms with Gasteiger partial charge in [-0.2, -0.15) is 9.97 Å². The number of benzene rings is 1. The summed E-state index contributed by atoms with van der Waals surface area (Å²) in [6, 6.07) is 6.06. The van der Waals surface area contributed by atoms with Crippen molar-refractivity contribution in [1.29, 1.82) is 0 Å². The molecular weight excluding hydrogens is 290 g/mol. The van der Waals surface area contributed by atoms with Crippen LogP contribution in [0, 0.1) is 0 Å². The van der Waals surface area contributed by atoms with Crippen LogP contribution < -0.4 is 19.5 Å². The molecule has 0 aliphatic carbocycles. The highest BCUT2D eigenvalue weighted by Gasteiger charge is 2.15. The van der Waals surface area contributed by atoms with Crippen molar-refractivity contribution in [2.75, 3.05) is 26.6 Å². The van der Waals surface area contributed by atoms with Crippen molar-refractivity contribution in [2.24, 2.45) is 0 Å². The second-order valence-corrected chi connectivity index (χ2v) is 4.10. The summed E-state index contributed by atoms with van der Waals surface area (Å²) < 4.78 is 15.5. The van der Waals surface area contributed by atoms with Crippen molar-refractivity contribution in [2.45, 2.75) is 0 Å². The Morgan fingerprint density at radius 1 is 1.14 bits per heavy atom. The minimum Gasteiger partial charge on any atom is -0.481 e. The number of carboxylic acid groups (broad SMARTS) is 1. The van der Waals surface area contributed by atoms with Crippen LogP contribution in [-0.4, -0.2) is 42.3 Å². The van der Waals surface area contributed by atoms with E-state index in [-0.39, 0.29) is 29.1 Å². The Labute approximate surface area is 126 Å². The Balaban J connectivity index is 2.40. The summed E-state index contributed by atoms with van der Waals surface area (Å²) in [6.45, 7) is 0. The molecule has 1 heterocycles. The molecule has 0 bridgehead atoms. The van der Waals surface area contributed by atoms with Crippen molar-refractivity contribution in [3.05, 3.63) is 29.8 Å². The monoisotopic (exact) mass is 305 g/mol. The lowest BCUT2D eigenvalue weighted by Gasteiger charge is -2.10. The Bertz CT molecular complexity index is 668. The third kappa shape index (κ3) is 3.35. The van der Waals surface area contributed by atoms with Crippen LogP contribution in [0.5, 0.6) is 23.5 Å². The van der Waals surface area contributed by atoms with Crippen molar-refractivity contribution < 1.29 is 24.1 Å². The molecule has 1 aromatic heterocycles. The first-order valence-electron chi connectivity index (χ1n) is 6.27. The average molecular weight is 305 g/mol. The summed E-state index contributed by atoms with van der Waals surface area (Å²) in [5, 5.41) is 12.1. The van der Waals surface area contributed by atoms with E-state index in [4.69, 9.17) is 14.2 Å². The Morgan fingerprint density at radius 2 is 1.77 bits per heavy atom. The van der Waals surface area contributed by atoms with Crippen molar-refractivity contribution in [1.82, 2.24) is 9.97 Å². The number of aromatic carboxylic acids is 1. The highest BCUT2D eigenvalue weighted by molar-refractivity contribution is 5.92. The zero-order valence-corrected chi connectivity index (χ0v) is 12.3. The number of methoxy groups -OCH3 is 2. The predicted octanol–water partition coefficient (Wildman–Crippen LogP) is 2.03. The number of nitrogens with zero attached hydrogens (tertiary/aromatic N) is 2. The molecule has 0 spiro atoms. The summed E-state index contributed by atoms with van der Waals surface area (Å²) in [5.41, 5.74) is 0.631. The molecule has 0 saturated carbocycles. The molecule has 0 amide bonds. The molecule has 2 aromatic rings. The Morgan fingerprint density at radius 3 is 2.27 bits per heavy atom. The highest BCUT2D eigenvalue weighted by Crippen LogP contribution is 2.28. The zero-order chi connectivity index (χ0) is 16.1. The summed E-state index contributed by atoms with van der Waals surface area (Å²) in [5.74, 6) is -0.528. The van der Waals surface area contributed by atoms with Gasteiger partial charge in [-0.25, -0.2) is 4.79 Å². The largest absolute Gasteiger partial charge is 0.481 e. The maximum Gasteiger partial charge on any atom is 0.339 e. The van der Waals surface area contributed by atoms with Crippen LogP contribution in [0.4, 0.5) is 5.69 Å². The number of carbonyl (C=O) groups is 1. The molecule has 116 valence electrons. The van der Waals surface area contributed by atoms with Gasteiger partial charge >= 0.3 is 12.0 Å². The van der Waals surface area contributed by atoms with Gasteiger partial charge in [-0.05, 0) is 18.2 Å². The van der Waals surface area contributed by atoms with Gasteiger partial charge in [-0.3, -0.25) is 0 Å². The molecule has 0 unspecified atom stereocenters. The van der Waals surface area contributed by atoms with E-state index in [9.17, 15) is 9.90 Å². The molecule has 1 aromatic carbocycles. The Kier molecular flexibility index (Phi) is 4.62. The molecule has 0 fully saturated rings. The molecular formula is C14H15N3O5. The molecule has 22 heavy (non-hydrogen) atoms. The topological polar surface area (TPSA) is 103 Å². The SMILES string of the molecule is CNc1ccc(Oc2nc(OC)cc(OC)n2)c(C(=O)O)c1. The van der Waals surface area contributed by atoms with Gasteiger partial charge in [-0.15, -0.1) is 0 Å². The summed E-state index contributed by atoms with van der Waals surface area (Å²) in [4.78, 5) is 19.3. The van der Waals surface area contributed by atoms with E-state index in [1.165, 1.54) is 32.4 Å². The molecule has 0 saturated heterocycles. The molecule has 8 heteroatoms. The van der Waals surface area contributed by atoms with Gasteiger partial charge in [0.15, 0.2) is 0 Å². The van der Waals surface area contributed by atoms with Crippen LogP contribution in [0.15, 0.2) is 24.3 Å². The van der Waals surface area contributed by atoms with Crippen molar-refractivity contribution in [3.8, 4) is 23.5 Å². The van der Waals surface area contributed by atoms with Gasteiger partial charge in [0.05, 0.1) is 20.3 Å².